The highest BCUT2D eigenvalue weighted by molar-refractivity contribution is 6.10. The maximum Gasteiger partial charge on any atom is 0.296 e. The summed E-state index contributed by atoms with van der Waals surface area (Å²) in [6.07, 6.45) is 4.76. The molecule has 0 unspecified atom stereocenters. The Morgan fingerprint density at radius 3 is 2.60 bits per heavy atom. The Hall–Kier alpha value is -4.13. The molecule has 35 heavy (non-hydrogen) atoms. The lowest BCUT2D eigenvalue weighted by atomic mass is 9.98. The molecule has 1 aliphatic rings. The molecule has 0 N–H and O–H groups in total. The average Bonchev–Trinajstić information content (AvgIpc) is 3.19. The average molecular weight is 471 g/mol. The Morgan fingerprint density at radius 1 is 1.00 bits per heavy atom. The number of carbonyl (C=O) groups excluding carboxylic acids is 1. The van der Waals surface area contributed by atoms with Crippen LogP contribution in [0.1, 0.15) is 53.9 Å². The first kappa shape index (κ1) is 22.7. The number of benzene rings is 2. The van der Waals surface area contributed by atoms with E-state index in [4.69, 9.17) is 13.9 Å². The molecule has 0 radical (unpaired) electrons. The number of hydrogen-bond acceptors (Lipinski definition) is 6. The number of fused-ring (bicyclic) bond motifs is 2. The number of pyridine rings is 1. The fourth-order valence-corrected chi connectivity index (χ4v) is 4.48. The van der Waals surface area contributed by atoms with E-state index in [1.807, 2.05) is 18.2 Å². The van der Waals surface area contributed by atoms with Gasteiger partial charge in [0.2, 0.25) is 5.76 Å². The fraction of sp³-hybridized carbons (Fsp3) is 0.250. The molecule has 1 amide bonds. The van der Waals surface area contributed by atoms with Gasteiger partial charge in [-0.25, -0.2) is 4.98 Å². The molecule has 3 heterocycles. The first-order chi connectivity index (χ1) is 17.1. The number of rotatable bonds is 8. The van der Waals surface area contributed by atoms with Crippen LogP contribution >= 0.6 is 0 Å². The zero-order valence-corrected chi connectivity index (χ0v) is 19.7. The van der Waals surface area contributed by atoms with Crippen LogP contribution in [0.4, 0.5) is 5.82 Å². The van der Waals surface area contributed by atoms with Crippen molar-refractivity contribution in [3.05, 3.63) is 94.0 Å². The summed E-state index contributed by atoms with van der Waals surface area (Å²) < 4.78 is 17.5. The van der Waals surface area contributed by atoms with E-state index < -0.39 is 11.9 Å². The fourth-order valence-electron chi connectivity index (χ4n) is 4.48. The number of unbranched alkanes of at least 4 members (excludes halogenated alkanes) is 2. The number of nitrogens with zero attached hydrogens (tertiary/aromatic N) is 2. The third-order valence-electron chi connectivity index (χ3n) is 6.18. The van der Waals surface area contributed by atoms with Crippen molar-refractivity contribution < 1.29 is 18.7 Å². The number of anilines is 1. The summed E-state index contributed by atoms with van der Waals surface area (Å²) in [5, 5.41) is 0.426. The molecule has 1 aliphatic heterocycles. The Labute approximate surface area is 202 Å². The second-order valence-electron chi connectivity index (χ2n) is 8.40. The quantitative estimate of drug-likeness (QED) is 0.316. The minimum absolute atomic E-state index is 0.0308. The minimum atomic E-state index is -0.726. The van der Waals surface area contributed by atoms with Gasteiger partial charge in [-0.1, -0.05) is 44.0 Å². The van der Waals surface area contributed by atoms with Crippen LogP contribution in [0.3, 0.4) is 0 Å². The van der Waals surface area contributed by atoms with Gasteiger partial charge in [-0.15, -0.1) is 0 Å². The zero-order chi connectivity index (χ0) is 24.4. The summed E-state index contributed by atoms with van der Waals surface area (Å²) in [6, 6.07) is 17.0. The molecule has 2 aromatic carbocycles. The predicted octanol–water partition coefficient (Wildman–Crippen LogP) is 5.52. The van der Waals surface area contributed by atoms with Gasteiger partial charge in [0.25, 0.3) is 5.91 Å². The molecule has 0 fully saturated rings. The lowest BCUT2D eigenvalue weighted by Gasteiger charge is -2.25. The molecule has 7 heteroatoms. The van der Waals surface area contributed by atoms with Crippen molar-refractivity contribution >= 4 is 22.7 Å². The van der Waals surface area contributed by atoms with E-state index in [9.17, 15) is 9.59 Å². The van der Waals surface area contributed by atoms with E-state index in [2.05, 4.69) is 11.9 Å². The molecule has 0 bridgehead atoms. The van der Waals surface area contributed by atoms with Crippen LogP contribution in [-0.2, 0) is 0 Å². The second-order valence-corrected chi connectivity index (χ2v) is 8.40. The van der Waals surface area contributed by atoms with Crippen LogP contribution in [0.5, 0.6) is 11.5 Å². The molecule has 0 saturated heterocycles. The molecule has 0 aliphatic carbocycles. The summed E-state index contributed by atoms with van der Waals surface area (Å²) in [5.41, 5.74) is 1.12. The van der Waals surface area contributed by atoms with Crippen LogP contribution in [0.15, 0.2) is 76.1 Å². The van der Waals surface area contributed by atoms with Crippen molar-refractivity contribution in [2.24, 2.45) is 0 Å². The maximum atomic E-state index is 13.6. The normalized spacial score (nSPS) is 14.9. The summed E-state index contributed by atoms with van der Waals surface area (Å²) in [6.45, 7) is 2.73. The van der Waals surface area contributed by atoms with Crippen molar-refractivity contribution in [2.45, 2.75) is 32.2 Å². The van der Waals surface area contributed by atoms with Crippen LogP contribution in [0, 0.1) is 0 Å². The van der Waals surface area contributed by atoms with Gasteiger partial charge in [-0.2, -0.15) is 0 Å². The highest BCUT2D eigenvalue weighted by atomic mass is 16.5. The van der Waals surface area contributed by atoms with Crippen LogP contribution in [0.25, 0.3) is 11.0 Å². The summed E-state index contributed by atoms with van der Waals surface area (Å²) in [7, 11) is 1.57. The van der Waals surface area contributed by atoms with Gasteiger partial charge in [-0.3, -0.25) is 14.5 Å². The first-order valence-electron chi connectivity index (χ1n) is 11.7. The van der Waals surface area contributed by atoms with Gasteiger partial charge in [-0.05, 0) is 48.4 Å². The Bertz CT molecular complexity index is 1430. The highest BCUT2D eigenvalue weighted by Crippen LogP contribution is 2.42. The number of carbonyl (C=O) groups is 1. The van der Waals surface area contributed by atoms with Crippen molar-refractivity contribution in [3.8, 4) is 11.5 Å². The molecule has 178 valence electrons. The van der Waals surface area contributed by atoms with Crippen molar-refractivity contribution in [1.29, 1.82) is 0 Å². The maximum absolute atomic E-state index is 13.6. The largest absolute Gasteiger partial charge is 0.493 e. The van der Waals surface area contributed by atoms with E-state index in [0.29, 0.717) is 40.5 Å². The number of methoxy groups -OCH3 is 1. The summed E-state index contributed by atoms with van der Waals surface area (Å²) in [4.78, 5) is 33.1. The molecule has 1 atom stereocenters. The van der Waals surface area contributed by atoms with Crippen molar-refractivity contribution in [1.82, 2.24) is 4.98 Å². The zero-order valence-electron chi connectivity index (χ0n) is 19.7. The number of aromatic nitrogens is 1. The Kier molecular flexibility index (Phi) is 6.23. The van der Waals surface area contributed by atoms with Crippen molar-refractivity contribution in [3.63, 3.8) is 0 Å². The van der Waals surface area contributed by atoms with Crippen molar-refractivity contribution in [2.75, 3.05) is 18.6 Å². The summed E-state index contributed by atoms with van der Waals surface area (Å²) in [5.74, 6) is 1.20. The Balaban J connectivity index is 1.65. The number of para-hydroxylation sites is 1. The Morgan fingerprint density at radius 2 is 1.83 bits per heavy atom. The standard InChI is InChI=1S/C28H26N2O5/c1-3-4-9-16-34-21-14-13-18(17-22(21)33-2)25-24-26(31)19-10-5-6-11-20(19)35-27(24)28(32)30(25)23-12-7-8-15-29-23/h5-8,10-15,17,25H,3-4,9,16H2,1-2H3/t25-/m0/s1. The molecule has 7 nitrogen and oxygen atoms in total. The van der Waals surface area contributed by atoms with Gasteiger partial charge in [0, 0.05) is 6.20 Å². The topological polar surface area (TPSA) is 81.9 Å². The monoisotopic (exact) mass is 470 g/mol. The third kappa shape index (κ3) is 4.03. The molecule has 0 saturated carbocycles. The van der Waals surface area contributed by atoms with Gasteiger partial charge >= 0.3 is 0 Å². The smallest absolute Gasteiger partial charge is 0.296 e. The highest BCUT2D eigenvalue weighted by Gasteiger charge is 2.44. The SMILES string of the molecule is CCCCCOc1ccc([C@H]2c3c(oc4ccccc4c3=O)C(=O)N2c2ccccn2)cc1OC. The molecule has 4 aromatic rings. The number of hydrogen-bond donors (Lipinski definition) is 0. The van der Waals surface area contributed by atoms with Crippen LogP contribution < -0.4 is 19.8 Å². The minimum Gasteiger partial charge on any atom is -0.493 e. The number of ether oxygens (including phenoxy) is 2. The van der Waals surface area contributed by atoms with E-state index in [0.717, 1.165) is 19.3 Å². The molecule has 2 aromatic heterocycles. The van der Waals surface area contributed by atoms with E-state index in [1.165, 1.54) is 4.90 Å². The third-order valence-corrected chi connectivity index (χ3v) is 6.18. The predicted molar refractivity (Wildman–Crippen MR) is 133 cm³/mol. The summed E-state index contributed by atoms with van der Waals surface area (Å²) >= 11 is 0. The lowest BCUT2D eigenvalue weighted by molar-refractivity contribution is 0.0970. The molecule has 0 spiro atoms. The molecular formula is C28H26N2O5. The lowest BCUT2D eigenvalue weighted by Crippen LogP contribution is -2.30. The van der Waals surface area contributed by atoms with E-state index in [1.54, 1.807) is 55.8 Å². The van der Waals surface area contributed by atoms with Gasteiger partial charge < -0.3 is 13.9 Å². The van der Waals surface area contributed by atoms with Gasteiger partial charge in [0.05, 0.1) is 30.7 Å². The van der Waals surface area contributed by atoms with Crippen LogP contribution in [0.2, 0.25) is 0 Å². The number of amides is 1. The second kappa shape index (κ2) is 9.62. The van der Waals surface area contributed by atoms with Gasteiger partial charge in [0.15, 0.2) is 16.9 Å². The molecule has 5 rings (SSSR count). The van der Waals surface area contributed by atoms with E-state index >= 15 is 0 Å². The first-order valence-corrected chi connectivity index (χ1v) is 11.7. The van der Waals surface area contributed by atoms with Crippen LogP contribution in [-0.4, -0.2) is 24.6 Å². The van der Waals surface area contributed by atoms with E-state index in [-0.39, 0.29) is 16.8 Å². The molecular weight excluding hydrogens is 444 g/mol. The van der Waals surface area contributed by atoms with Gasteiger partial charge in [0.1, 0.15) is 11.4 Å².